The minimum atomic E-state index is -3.25. The van der Waals surface area contributed by atoms with Gasteiger partial charge in [0.25, 0.3) is 0 Å². The molecule has 0 saturated carbocycles. The van der Waals surface area contributed by atoms with Crippen molar-refractivity contribution in [2.45, 2.75) is 46.0 Å². The maximum absolute atomic E-state index is 12.4. The van der Waals surface area contributed by atoms with Crippen LogP contribution in [0.1, 0.15) is 45.1 Å². The number of hydrogen-bond donors (Lipinski definition) is 1. The van der Waals surface area contributed by atoms with E-state index < -0.39 is 10.0 Å². The summed E-state index contributed by atoms with van der Waals surface area (Å²) in [6.07, 6.45) is 3.56. The summed E-state index contributed by atoms with van der Waals surface area (Å²) in [4.78, 5) is 11.7. The second kappa shape index (κ2) is 7.13. The predicted octanol–water partition coefficient (Wildman–Crippen LogP) is 2.92. The molecule has 5 nitrogen and oxygen atoms in total. The van der Waals surface area contributed by atoms with Gasteiger partial charge in [-0.1, -0.05) is 13.8 Å². The highest BCUT2D eigenvalue weighted by atomic mass is 32.2. The third-order valence-electron chi connectivity index (χ3n) is 3.71. The number of nitrogens with one attached hydrogen (secondary N) is 1. The highest BCUT2D eigenvalue weighted by molar-refractivity contribution is 7.92. The van der Waals surface area contributed by atoms with E-state index >= 15 is 0 Å². The summed E-state index contributed by atoms with van der Waals surface area (Å²) >= 11 is 0. The lowest BCUT2D eigenvalue weighted by Crippen LogP contribution is -2.37. The summed E-state index contributed by atoms with van der Waals surface area (Å²) in [5.74, 6) is 0.162. The van der Waals surface area contributed by atoms with E-state index in [1.54, 1.807) is 6.07 Å². The van der Waals surface area contributed by atoms with Gasteiger partial charge in [0.15, 0.2) is 0 Å². The minimum absolute atomic E-state index is 0.00581. The van der Waals surface area contributed by atoms with E-state index in [0.29, 0.717) is 19.4 Å². The lowest BCUT2D eigenvalue weighted by atomic mass is 10.0. The van der Waals surface area contributed by atoms with Gasteiger partial charge < -0.3 is 5.32 Å². The van der Waals surface area contributed by atoms with Crippen LogP contribution in [0.3, 0.4) is 0 Å². The molecule has 0 aliphatic carbocycles. The Bertz CT molecular complexity index is 641. The molecule has 1 aromatic rings. The fourth-order valence-corrected chi connectivity index (χ4v) is 4.37. The first kappa shape index (κ1) is 16.8. The molecule has 0 unspecified atom stereocenters. The molecule has 0 atom stereocenters. The number of fused-ring (bicyclic) bond motifs is 1. The van der Waals surface area contributed by atoms with Gasteiger partial charge in [-0.2, -0.15) is 0 Å². The van der Waals surface area contributed by atoms with E-state index in [1.165, 1.54) is 4.31 Å². The molecule has 1 aliphatic heterocycles. The lowest BCUT2D eigenvalue weighted by molar-refractivity contribution is -0.116. The molecule has 0 radical (unpaired) electrons. The molecule has 0 bridgehead atoms. The molecule has 122 valence electrons. The molecular formula is C16H24N2O3S. The smallest absolute Gasteiger partial charge is 0.235 e. The highest BCUT2D eigenvalue weighted by Crippen LogP contribution is 2.32. The molecule has 2 rings (SSSR count). The van der Waals surface area contributed by atoms with E-state index in [2.05, 4.69) is 5.32 Å². The van der Waals surface area contributed by atoms with Crippen LogP contribution in [-0.2, 0) is 21.2 Å². The van der Waals surface area contributed by atoms with Crippen LogP contribution in [-0.4, -0.2) is 26.6 Å². The second-order valence-electron chi connectivity index (χ2n) is 5.63. The van der Waals surface area contributed by atoms with Gasteiger partial charge >= 0.3 is 0 Å². The SMILES string of the molecule is CCCC(=O)Nc1ccc2c(c1)CCCN2S(=O)(=O)CCC. The van der Waals surface area contributed by atoms with Crippen LogP contribution in [0, 0.1) is 0 Å². The van der Waals surface area contributed by atoms with Crippen molar-refractivity contribution in [1.82, 2.24) is 0 Å². The van der Waals surface area contributed by atoms with Crippen molar-refractivity contribution in [2.24, 2.45) is 0 Å². The number of aryl methyl sites for hydroxylation is 1. The topological polar surface area (TPSA) is 66.5 Å². The molecule has 0 aromatic heterocycles. The van der Waals surface area contributed by atoms with Gasteiger partial charge in [0.2, 0.25) is 15.9 Å². The van der Waals surface area contributed by atoms with E-state index in [9.17, 15) is 13.2 Å². The Labute approximate surface area is 132 Å². The maximum atomic E-state index is 12.4. The average molecular weight is 324 g/mol. The van der Waals surface area contributed by atoms with Crippen molar-refractivity contribution in [2.75, 3.05) is 21.9 Å². The minimum Gasteiger partial charge on any atom is -0.326 e. The van der Waals surface area contributed by atoms with Crippen molar-refractivity contribution < 1.29 is 13.2 Å². The van der Waals surface area contributed by atoms with Gasteiger partial charge in [0, 0.05) is 18.7 Å². The monoisotopic (exact) mass is 324 g/mol. The number of sulfonamides is 1. The molecule has 1 heterocycles. The van der Waals surface area contributed by atoms with Crippen molar-refractivity contribution in [1.29, 1.82) is 0 Å². The fourth-order valence-electron chi connectivity index (χ4n) is 2.75. The second-order valence-corrected chi connectivity index (χ2v) is 7.65. The molecule has 0 fully saturated rings. The lowest BCUT2D eigenvalue weighted by Gasteiger charge is -2.30. The fraction of sp³-hybridized carbons (Fsp3) is 0.562. The normalized spacial score (nSPS) is 14.5. The number of hydrogen-bond acceptors (Lipinski definition) is 3. The molecular weight excluding hydrogens is 300 g/mol. The summed E-state index contributed by atoms with van der Waals surface area (Å²) in [5, 5.41) is 2.86. The summed E-state index contributed by atoms with van der Waals surface area (Å²) in [7, 11) is -3.25. The zero-order chi connectivity index (χ0) is 16.2. The summed E-state index contributed by atoms with van der Waals surface area (Å²) in [6, 6.07) is 5.49. The summed E-state index contributed by atoms with van der Waals surface area (Å²) in [5.41, 5.74) is 2.49. The average Bonchev–Trinajstić information content (AvgIpc) is 2.46. The quantitative estimate of drug-likeness (QED) is 0.875. The molecule has 6 heteroatoms. The summed E-state index contributed by atoms with van der Waals surface area (Å²) < 4.78 is 26.2. The molecule has 0 saturated heterocycles. The van der Waals surface area contributed by atoms with Gasteiger partial charge in [0.05, 0.1) is 11.4 Å². The van der Waals surface area contributed by atoms with Gasteiger partial charge in [-0.3, -0.25) is 9.10 Å². The first-order valence-electron chi connectivity index (χ1n) is 7.91. The Morgan fingerprint density at radius 3 is 2.73 bits per heavy atom. The largest absolute Gasteiger partial charge is 0.326 e. The molecule has 1 amide bonds. The van der Waals surface area contributed by atoms with Gasteiger partial charge in [0.1, 0.15) is 0 Å². The van der Waals surface area contributed by atoms with Crippen LogP contribution in [0.4, 0.5) is 11.4 Å². The molecule has 1 aliphatic rings. The van der Waals surface area contributed by atoms with Crippen molar-refractivity contribution >= 4 is 27.3 Å². The van der Waals surface area contributed by atoms with Gasteiger partial charge in [-0.25, -0.2) is 8.42 Å². The number of carbonyl (C=O) groups excluding carboxylic acids is 1. The number of benzene rings is 1. The number of anilines is 2. The first-order chi connectivity index (χ1) is 10.5. The number of nitrogens with zero attached hydrogens (tertiary/aromatic N) is 1. The highest BCUT2D eigenvalue weighted by Gasteiger charge is 2.26. The third-order valence-corrected chi connectivity index (χ3v) is 5.69. The Morgan fingerprint density at radius 2 is 2.05 bits per heavy atom. The Hall–Kier alpha value is -1.56. The Morgan fingerprint density at radius 1 is 1.27 bits per heavy atom. The molecule has 22 heavy (non-hydrogen) atoms. The van der Waals surface area contributed by atoms with E-state index in [0.717, 1.165) is 36.2 Å². The van der Waals surface area contributed by atoms with E-state index in [4.69, 9.17) is 0 Å². The predicted molar refractivity (Wildman–Crippen MR) is 89.7 cm³/mol. The van der Waals surface area contributed by atoms with Crippen LogP contribution in [0.5, 0.6) is 0 Å². The Balaban J connectivity index is 2.25. The molecule has 1 N–H and O–H groups in total. The summed E-state index contributed by atoms with van der Waals surface area (Å²) in [6.45, 7) is 4.37. The zero-order valence-electron chi connectivity index (χ0n) is 13.3. The van der Waals surface area contributed by atoms with Gasteiger partial charge in [-0.05, 0) is 49.4 Å². The zero-order valence-corrected chi connectivity index (χ0v) is 14.1. The number of rotatable bonds is 6. The standard InChI is InChI=1S/C16H24N2O3S/c1-3-6-16(19)17-14-8-9-15-13(12-14)7-5-10-18(15)22(20,21)11-4-2/h8-9,12H,3-7,10-11H2,1-2H3,(H,17,19). The van der Waals surface area contributed by atoms with E-state index in [1.807, 2.05) is 26.0 Å². The van der Waals surface area contributed by atoms with Crippen LogP contribution in [0.15, 0.2) is 18.2 Å². The van der Waals surface area contributed by atoms with Gasteiger partial charge in [-0.15, -0.1) is 0 Å². The van der Waals surface area contributed by atoms with Crippen LogP contribution < -0.4 is 9.62 Å². The molecule has 0 spiro atoms. The first-order valence-corrected chi connectivity index (χ1v) is 9.52. The van der Waals surface area contributed by atoms with E-state index in [-0.39, 0.29) is 11.7 Å². The number of carbonyl (C=O) groups is 1. The van der Waals surface area contributed by atoms with Crippen molar-refractivity contribution in [3.05, 3.63) is 23.8 Å². The third kappa shape index (κ3) is 3.80. The van der Waals surface area contributed by atoms with Crippen molar-refractivity contribution in [3.8, 4) is 0 Å². The maximum Gasteiger partial charge on any atom is 0.235 e. The molecule has 1 aromatic carbocycles. The Kier molecular flexibility index (Phi) is 5.45. The van der Waals surface area contributed by atoms with Crippen LogP contribution in [0.25, 0.3) is 0 Å². The van der Waals surface area contributed by atoms with Crippen LogP contribution >= 0.6 is 0 Å². The number of amides is 1. The van der Waals surface area contributed by atoms with Crippen LogP contribution in [0.2, 0.25) is 0 Å². The van der Waals surface area contributed by atoms with Crippen molar-refractivity contribution in [3.63, 3.8) is 0 Å².